The molecule has 0 aliphatic rings. The van der Waals surface area contributed by atoms with Crippen molar-refractivity contribution in [2.24, 2.45) is 0 Å². The lowest BCUT2D eigenvalue weighted by molar-refractivity contribution is 0.617. The van der Waals surface area contributed by atoms with Crippen molar-refractivity contribution in [2.45, 2.75) is 10.6 Å². The molecule has 1 nitrogen and oxygen atoms in total. The first-order valence-corrected chi connectivity index (χ1v) is 6.44. The zero-order valence-corrected chi connectivity index (χ0v) is 10.6. The molecular weight excluding hydrogens is 257 g/mol. The van der Waals surface area contributed by atoms with Gasteiger partial charge >= 0.3 is 0 Å². The van der Waals surface area contributed by atoms with E-state index >= 15 is 0 Å². The third-order valence-electron chi connectivity index (χ3n) is 2.27. The Hall–Kier alpha value is -1.19. The summed E-state index contributed by atoms with van der Waals surface area (Å²) in [6.45, 7) is 0. The van der Waals surface area contributed by atoms with Crippen LogP contribution in [-0.4, -0.2) is 0 Å². The van der Waals surface area contributed by atoms with Gasteiger partial charge in [0.25, 0.3) is 0 Å². The summed E-state index contributed by atoms with van der Waals surface area (Å²) in [4.78, 5) is 1.03. The minimum atomic E-state index is -0.270. The normalized spacial score (nSPS) is 10.5. The molecule has 0 atom stereocenters. The van der Waals surface area contributed by atoms with Crippen LogP contribution in [0.25, 0.3) is 0 Å². The Kier molecular flexibility index (Phi) is 3.92. The molecule has 0 radical (unpaired) electrons. The first kappa shape index (κ1) is 12.3. The molecule has 0 saturated heterocycles. The standard InChI is InChI=1S/C13H11ClFNS/c14-10-5-4-9(13(15)6-10)8-17-12-3-1-2-11(16)7-12/h1-7H,8,16H2. The molecule has 4 heteroatoms. The third-order valence-corrected chi connectivity index (χ3v) is 3.55. The van der Waals surface area contributed by atoms with Gasteiger partial charge in [0.2, 0.25) is 0 Å². The molecule has 2 aromatic rings. The van der Waals surface area contributed by atoms with Gasteiger partial charge in [-0.15, -0.1) is 11.8 Å². The maximum atomic E-state index is 13.5. The fraction of sp³-hybridized carbons (Fsp3) is 0.0769. The molecule has 0 unspecified atom stereocenters. The summed E-state index contributed by atoms with van der Waals surface area (Å²) < 4.78 is 13.5. The molecule has 0 aliphatic carbocycles. The van der Waals surface area contributed by atoms with E-state index < -0.39 is 0 Å². The summed E-state index contributed by atoms with van der Waals surface area (Å²) in [7, 11) is 0. The third kappa shape index (κ3) is 3.38. The molecule has 0 saturated carbocycles. The smallest absolute Gasteiger partial charge is 0.128 e. The summed E-state index contributed by atoms with van der Waals surface area (Å²) in [6.07, 6.45) is 0. The molecule has 17 heavy (non-hydrogen) atoms. The highest BCUT2D eigenvalue weighted by molar-refractivity contribution is 7.98. The average molecular weight is 268 g/mol. The van der Waals surface area contributed by atoms with Crippen LogP contribution in [0.15, 0.2) is 47.4 Å². The number of hydrogen-bond acceptors (Lipinski definition) is 2. The van der Waals surface area contributed by atoms with Crippen LogP contribution in [0.2, 0.25) is 5.02 Å². The van der Waals surface area contributed by atoms with Gasteiger partial charge in [0.1, 0.15) is 5.82 Å². The fourth-order valence-electron chi connectivity index (χ4n) is 1.40. The van der Waals surface area contributed by atoms with E-state index in [0.29, 0.717) is 22.0 Å². The molecule has 2 rings (SSSR count). The first-order chi connectivity index (χ1) is 8.15. The van der Waals surface area contributed by atoms with Crippen molar-refractivity contribution in [1.29, 1.82) is 0 Å². The Morgan fingerprint density at radius 1 is 1.18 bits per heavy atom. The van der Waals surface area contributed by atoms with Crippen LogP contribution < -0.4 is 5.73 Å². The van der Waals surface area contributed by atoms with Crippen molar-refractivity contribution in [3.63, 3.8) is 0 Å². The largest absolute Gasteiger partial charge is 0.399 e. The monoisotopic (exact) mass is 267 g/mol. The molecule has 0 amide bonds. The Morgan fingerprint density at radius 3 is 2.71 bits per heavy atom. The molecule has 0 aromatic heterocycles. The van der Waals surface area contributed by atoms with Crippen LogP contribution >= 0.6 is 23.4 Å². The molecule has 2 N–H and O–H groups in total. The molecule has 0 aliphatic heterocycles. The van der Waals surface area contributed by atoms with Crippen LogP contribution in [0, 0.1) is 5.82 Å². The van der Waals surface area contributed by atoms with Crippen LogP contribution in [-0.2, 0) is 5.75 Å². The lowest BCUT2D eigenvalue weighted by atomic mass is 10.2. The van der Waals surface area contributed by atoms with Crippen molar-refractivity contribution in [1.82, 2.24) is 0 Å². The van der Waals surface area contributed by atoms with Crippen molar-refractivity contribution >= 4 is 29.1 Å². The number of halogens is 2. The Bertz CT molecular complexity index is 531. The topological polar surface area (TPSA) is 26.0 Å². The number of anilines is 1. The lowest BCUT2D eigenvalue weighted by Gasteiger charge is -2.04. The lowest BCUT2D eigenvalue weighted by Crippen LogP contribution is -1.88. The van der Waals surface area contributed by atoms with E-state index in [4.69, 9.17) is 17.3 Å². The van der Waals surface area contributed by atoms with Gasteiger partial charge in [-0.25, -0.2) is 4.39 Å². The second-order valence-corrected chi connectivity index (χ2v) is 5.08. The summed E-state index contributed by atoms with van der Waals surface area (Å²) in [5, 5.41) is 0.417. The fourth-order valence-corrected chi connectivity index (χ4v) is 2.51. The van der Waals surface area contributed by atoms with E-state index in [9.17, 15) is 4.39 Å². The second kappa shape index (κ2) is 5.43. The molecular formula is C13H11ClFNS. The van der Waals surface area contributed by atoms with E-state index in [1.165, 1.54) is 6.07 Å². The van der Waals surface area contributed by atoms with Gasteiger partial charge in [-0.1, -0.05) is 23.7 Å². The van der Waals surface area contributed by atoms with Gasteiger partial charge in [0.05, 0.1) is 0 Å². The van der Waals surface area contributed by atoms with Gasteiger partial charge in [-0.3, -0.25) is 0 Å². The predicted molar refractivity (Wildman–Crippen MR) is 71.8 cm³/mol. The van der Waals surface area contributed by atoms with Gasteiger partial charge in [0, 0.05) is 21.4 Å². The van der Waals surface area contributed by atoms with Crippen LogP contribution in [0.5, 0.6) is 0 Å². The highest BCUT2D eigenvalue weighted by Crippen LogP contribution is 2.26. The van der Waals surface area contributed by atoms with Crippen molar-refractivity contribution in [2.75, 3.05) is 5.73 Å². The average Bonchev–Trinajstić information content (AvgIpc) is 2.28. The van der Waals surface area contributed by atoms with Crippen LogP contribution in [0.1, 0.15) is 5.56 Å². The maximum Gasteiger partial charge on any atom is 0.128 e. The van der Waals surface area contributed by atoms with Crippen molar-refractivity contribution in [3.8, 4) is 0 Å². The van der Waals surface area contributed by atoms with Crippen molar-refractivity contribution in [3.05, 3.63) is 58.9 Å². The minimum absolute atomic E-state index is 0.270. The molecule has 0 fully saturated rings. The molecule has 0 spiro atoms. The molecule has 2 aromatic carbocycles. The van der Waals surface area contributed by atoms with Gasteiger partial charge in [-0.2, -0.15) is 0 Å². The zero-order chi connectivity index (χ0) is 12.3. The van der Waals surface area contributed by atoms with Crippen LogP contribution in [0.4, 0.5) is 10.1 Å². The predicted octanol–water partition coefficient (Wildman–Crippen LogP) is 4.35. The summed E-state index contributed by atoms with van der Waals surface area (Å²) in [6, 6.07) is 12.3. The van der Waals surface area contributed by atoms with E-state index in [-0.39, 0.29) is 5.82 Å². The highest BCUT2D eigenvalue weighted by Gasteiger charge is 2.03. The number of nitrogens with two attached hydrogens (primary N) is 1. The second-order valence-electron chi connectivity index (χ2n) is 3.60. The number of benzene rings is 2. The van der Waals surface area contributed by atoms with E-state index in [0.717, 1.165) is 4.90 Å². The Labute approximate surface area is 109 Å². The van der Waals surface area contributed by atoms with E-state index in [2.05, 4.69) is 0 Å². The highest BCUT2D eigenvalue weighted by atomic mass is 35.5. The summed E-state index contributed by atoms with van der Waals surface area (Å²) in [5.41, 5.74) is 7.03. The minimum Gasteiger partial charge on any atom is -0.399 e. The summed E-state index contributed by atoms with van der Waals surface area (Å²) in [5.74, 6) is 0.292. The Morgan fingerprint density at radius 2 is 2.00 bits per heavy atom. The molecule has 0 heterocycles. The first-order valence-electron chi connectivity index (χ1n) is 5.07. The van der Waals surface area contributed by atoms with E-state index in [1.807, 2.05) is 24.3 Å². The quantitative estimate of drug-likeness (QED) is 0.661. The number of hydrogen-bond donors (Lipinski definition) is 1. The molecule has 88 valence electrons. The Balaban J connectivity index is 2.07. The number of nitrogen functional groups attached to an aromatic ring is 1. The van der Waals surface area contributed by atoms with Crippen LogP contribution in [0.3, 0.4) is 0 Å². The van der Waals surface area contributed by atoms with Gasteiger partial charge in [-0.05, 0) is 35.9 Å². The SMILES string of the molecule is Nc1cccc(SCc2ccc(Cl)cc2F)c1. The maximum absolute atomic E-state index is 13.5. The van der Waals surface area contributed by atoms with Crippen molar-refractivity contribution < 1.29 is 4.39 Å². The van der Waals surface area contributed by atoms with Gasteiger partial charge < -0.3 is 5.73 Å². The van der Waals surface area contributed by atoms with E-state index in [1.54, 1.807) is 23.9 Å². The van der Waals surface area contributed by atoms with Gasteiger partial charge in [0.15, 0.2) is 0 Å². The zero-order valence-electron chi connectivity index (χ0n) is 8.99. The number of thioether (sulfide) groups is 1. The number of rotatable bonds is 3. The molecule has 0 bridgehead atoms. The summed E-state index contributed by atoms with van der Waals surface area (Å²) >= 11 is 7.24.